The van der Waals surface area contributed by atoms with Crippen molar-refractivity contribution in [1.82, 2.24) is 0 Å². The van der Waals surface area contributed by atoms with Gasteiger partial charge in [-0.05, 0) is 24.0 Å². The van der Waals surface area contributed by atoms with Crippen molar-refractivity contribution in [2.24, 2.45) is 0 Å². The van der Waals surface area contributed by atoms with Gasteiger partial charge in [-0.3, -0.25) is 0 Å². The number of allylic oxidation sites excluding steroid dienone is 8. The summed E-state index contributed by atoms with van der Waals surface area (Å²) < 4.78 is 0. The molecule has 0 heterocycles. The molecule has 0 aromatic rings. The van der Waals surface area contributed by atoms with Gasteiger partial charge in [0.1, 0.15) is 0 Å². The van der Waals surface area contributed by atoms with Crippen LogP contribution in [-0.4, -0.2) is 0 Å². The highest BCUT2D eigenvalue weighted by Gasteiger charge is 2.04. The first-order valence-corrected chi connectivity index (χ1v) is 3.69. The zero-order valence-electron chi connectivity index (χ0n) is 5.88. The summed E-state index contributed by atoms with van der Waals surface area (Å²) in [6, 6.07) is 0. The molecule has 0 radical (unpaired) electrons. The van der Waals surface area contributed by atoms with Gasteiger partial charge in [0.05, 0.1) is 0 Å². The fourth-order valence-electron chi connectivity index (χ4n) is 1.36. The summed E-state index contributed by atoms with van der Waals surface area (Å²) in [7, 11) is 0. The Balaban J connectivity index is 2.20. The molecule has 2 aliphatic rings. The predicted octanol–water partition coefficient (Wildman–Crippen LogP) is 2.76. The van der Waals surface area contributed by atoms with Crippen LogP contribution in [0.2, 0.25) is 0 Å². The van der Waals surface area contributed by atoms with Crippen LogP contribution in [0.3, 0.4) is 0 Å². The van der Waals surface area contributed by atoms with Crippen molar-refractivity contribution in [2.75, 3.05) is 0 Å². The van der Waals surface area contributed by atoms with E-state index in [-0.39, 0.29) is 0 Å². The summed E-state index contributed by atoms with van der Waals surface area (Å²) in [6.45, 7) is 0. The van der Waals surface area contributed by atoms with Crippen LogP contribution in [-0.2, 0) is 0 Å². The molecule has 0 aromatic heterocycles. The Labute approximate surface area is 61.3 Å². The zero-order chi connectivity index (χ0) is 6.81. The molecule has 0 nitrogen and oxygen atoms in total. The third kappa shape index (κ3) is 0.860. The van der Waals surface area contributed by atoms with Crippen molar-refractivity contribution < 1.29 is 0 Å². The summed E-state index contributed by atoms with van der Waals surface area (Å²) in [6.07, 6.45) is 15.4. The van der Waals surface area contributed by atoms with Gasteiger partial charge in [-0.1, -0.05) is 36.5 Å². The van der Waals surface area contributed by atoms with Crippen LogP contribution < -0.4 is 0 Å². The molecule has 10 heavy (non-hydrogen) atoms. The zero-order valence-corrected chi connectivity index (χ0v) is 5.88. The number of hydrogen-bond donors (Lipinski definition) is 0. The summed E-state index contributed by atoms with van der Waals surface area (Å²) in [4.78, 5) is 0. The van der Waals surface area contributed by atoms with Crippen LogP contribution in [0.4, 0.5) is 0 Å². The van der Waals surface area contributed by atoms with Crippen molar-refractivity contribution in [3.63, 3.8) is 0 Å². The van der Waals surface area contributed by atoms with Gasteiger partial charge in [-0.25, -0.2) is 0 Å². The van der Waals surface area contributed by atoms with Gasteiger partial charge in [-0.2, -0.15) is 0 Å². The van der Waals surface area contributed by atoms with Crippen molar-refractivity contribution in [2.45, 2.75) is 12.8 Å². The third-order valence-electron chi connectivity index (χ3n) is 1.91. The molecule has 2 aliphatic carbocycles. The standard InChI is InChI=1S/C10H10/c1-2-6-9(5-1)10-7-3-4-8-10/h1-3,5,7-8H,4,6H2. The molecule has 0 saturated carbocycles. The van der Waals surface area contributed by atoms with E-state index in [1.54, 1.807) is 0 Å². The van der Waals surface area contributed by atoms with Crippen LogP contribution in [0.25, 0.3) is 0 Å². The minimum absolute atomic E-state index is 1.12. The van der Waals surface area contributed by atoms with Gasteiger partial charge in [0.2, 0.25) is 0 Å². The van der Waals surface area contributed by atoms with Crippen molar-refractivity contribution in [1.29, 1.82) is 0 Å². The summed E-state index contributed by atoms with van der Waals surface area (Å²) in [5.41, 5.74) is 2.89. The maximum atomic E-state index is 2.28. The van der Waals surface area contributed by atoms with Crippen molar-refractivity contribution in [3.8, 4) is 0 Å². The van der Waals surface area contributed by atoms with E-state index in [4.69, 9.17) is 0 Å². The normalized spacial score (nSPS) is 21.6. The second-order valence-corrected chi connectivity index (χ2v) is 2.62. The summed E-state index contributed by atoms with van der Waals surface area (Å²) >= 11 is 0. The Morgan fingerprint density at radius 1 is 1.20 bits per heavy atom. The lowest BCUT2D eigenvalue weighted by molar-refractivity contribution is 1.28. The van der Waals surface area contributed by atoms with E-state index in [1.165, 1.54) is 11.1 Å². The van der Waals surface area contributed by atoms with Gasteiger partial charge in [0.25, 0.3) is 0 Å². The summed E-state index contributed by atoms with van der Waals surface area (Å²) in [5.74, 6) is 0. The highest BCUT2D eigenvalue weighted by Crippen LogP contribution is 2.24. The quantitative estimate of drug-likeness (QED) is 0.512. The fourth-order valence-corrected chi connectivity index (χ4v) is 1.36. The largest absolute Gasteiger partial charge is 0.0801 e. The lowest BCUT2D eigenvalue weighted by Crippen LogP contribution is -1.78. The van der Waals surface area contributed by atoms with Crippen LogP contribution in [0.15, 0.2) is 47.6 Å². The van der Waals surface area contributed by atoms with Gasteiger partial charge in [0.15, 0.2) is 0 Å². The first kappa shape index (κ1) is 5.72. The fraction of sp³-hybridized carbons (Fsp3) is 0.200. The molecule has 0 atom stereocenters. The van der Waals surface area contributed by atoms with Gasteiger partial charge < -0.3 is 0 Å². The molecule has 0 saturated heterocycles. The Morgan fingerprint density at radius 3 is 2.80 bits per heavy atom. The lowest BCUT2D eigenvalue weighted by atomic mass is 10.1. The molecule has 50 valence electrons. The van der Waals surface area contributed by atoms with Crippen LogP contribution in [0, 0.1) is 0 Å². The molecule has 0 heteroatoms. The number of rotatable bonds is 1. The SMILES string of the molecule is C1=CCC(C2=CCC=C2)=C1. The van der Waals surface area contributed by atoms with E-state index in [1.807, 2.05) is 0 Å². The topological polar surface area (TPSA) is 0 Å². The molecule has 2 rings (SSSR count). The molecule has 0 bridgehead atoms. The highest BCUT2D eigenvalue weighted by molar-refractivity contribution is 5.48. The van der Waals surface area contributed by atoms with Gasteiger partial charge >= 0.3 is 0 Å². The third-order valence-corrected chi connectivity index (χ3v) is 1.91. The molecular weight excluding hydrogens is 120 g/mol. The van der Waals surface area contributed by atoms with Gasteiger partial charge in [-0.15, -0.1) is 0 Å². The van der Waals surface area contributed by atoms with E-state index < -0.39 is 0 Å². The molecule has 0 fully saturated rings. The molecule has 0 spiro atoms. The first-order chi connectivity index (χ1) is 4.97. The van der Waals surface area contributed by atoms with Crippen molar-refractivity contribution in [3.05, 3.63) is 47.6 Å². The Hall–Kier alpha value is -1.04. The maximum Gasteiger partial charge on any atom is -0.00885 e. The first-order valence-electron chi connectivity index (χ1n) is 3.69. The molecular formula is C10H10. The Kier molecular flexibility index (Phi) is 1.31. The van der Waals surface area contributed by atoms with E-state index in [0.29, 0.717) is 0 Å². The van der Waals surface area contributed by atoms with E-state index in [0.717, 1.165) is 12.8 Å². The van der Waals surface area contributed by atoms with Crippen molar-refractivity contribution >= 4 is 0 Å². The van der Waals surface area contributed by atoms with E-state index in [2.05, 4.69) is 36.5 Å². The van der Waals surface area contributed by atoms with E-state index >= 15 is 0 Å². The molecule has 0 unspecified atom stereocenters. The monoisotopic (exact) mass is 130 g/mol. The van der Waals surface area contributed by atoms with Gasteiger partial charge in [0, 0.05) is 0 Å². The predicted molar refractivity (Wildman–Crippen MR) is 43.7 cm³/mol. The molecule has 0 aliphatic heterocycles. The van der Waals surface area contributed by atoms with Crippen LogP contribution in [0.1, 0.15) is 12.8 Å². The maximum absolute atomic E-state index is 2.28. The summed E-state index contributed by atoms with van der Waals surface area (Å²) in [5, 5.41) is 0. The molecule has 0 N–H and O–H groups in total. The molecule has 0 amide bonds. The average molecular weight is 130 g/mol. The second kappa shape index (κ2) is 2.30. The smallest absolute Gasteiger partial charge is 0.00885 e. The average Bonchev–Trinajstić information content (AvgIpc) is 2.59. The lowest BCUT2D eigenvalue weighted by Gasteiger charge is -1.97. The minimum Gasteiger partial charge on any atom is -0.0801 e. The van der Waals surface area contributed by atoms with E-state index in [9.17, 15) is 0 Å². The minimum atomic E-state index is 1.12. The number of hydrogen-bond acceptors (Lipinski definition) is 0. The van der Waals surface area contributed by atoms with Crippen LogP contribution >= 0.6 is 0 Å². The highest BCUT2D eigenvalue weighted by atomic mass is 14.1. The Bertz CT molecular complexity index is 249. The van der Waals surface area contributed by atoms with Crippen LogP contribution in [0.5, 0.6) is 0 Å². The molecule has 0 aromatic carbocycles. The Morgan fingerprint density at radius 2 is 2.20 bits per heavy atom. The second-order valence-electron chi connectivity index (χ2n) is 2.62.